The molecule has 0 heterocycles. The molecule has 18 heavy (non-hydrogen) atoms. The first-order chi connectivity index (χ1) is 8.69. The Labute approximate surface area is 107 Å². The van der Waals surface area contributed by atoms with Crippen LogP contribution in [0.25, 0.3) is 0 Å². The predicted octanol–water partition coefficient (Wildman–Crippen LogP) is 4.01. The molecule has 0 N–H and O–H groups in total. The number of rotatable bonds is 2. The summed E-state index contributed by atoms with van der Waals surface area (Å²) in [6.07, 6.45) is 0. The molecular weight excluding hydrogens is 220 g/mol. The van der Waals surface area contributed by atoms with E-state index in [-0.39, 0.29) is 0 Å². The molecule has 2 heteroatoms. The SMILES string of the molecule is CC(=Nc1cccc(C#N)c1)c1ccc(C)cc1. The molecule has 0 fully saturated rings. The molecule has 0 aliphatic rings. The molecule has 0 aromatic heterocycles. The molecule has 0 amide bonds. The van der Waals surface area contributed by atoms with Gasteiger partial charge >= 0.3 is 0 Å². The van der Waals surface area contributed by atoms with Crippen molar-refractivity contribution >= 4 is 11.4 Å². The van der Waals surface area contributed by atoms with Crippen LogP contribution in [0.2, 0.25) is 0 Å². The number of benzene rings is 2. The molecule has 0 aliphatic carbocycles. The fraction of sp³-hybridized carbons (Fsp3) is 0.125. The first-order valence-corrected chi connectivity index (χ1v) is 5.81. The van der Waals surface area contributed by atoms with E-state index in [1.165, 1.54) is 5.56 Å². The van der Waals surface area contributed by atoms with E-state index >= 15 is 0 Å². The molecule has 0 radical (unpaired) electrons. The van der Waals surface area contributed by atoms with Gasteiger partial charge < -0.3 is 0 Å². The minimum absolute atomic E-state index is 0.632. The summed E-state index contributed by atoms with van der Waals surface area (Å²) in [4.78, 5) is 4.53. The molecule has 0 atom stereocenters. The van der Waals surface area contributed by atoms with Crippen LogP contribution in [0.5, 0.6) is 0 Å². The highest BCUT2D eigenvalue weighted by Gasteiger charge is 1.98. The quantitative estimate of drug-likeness (QED) is 0.723. The summed E-state index contributed by atoms with van der Waals surface area (Å²) < 4.78 is 0. The highest BCUT2D eigenvalue weighted by atomic mass is 14.7. The van der Waals surface area contributed by atoms with Gasteiger partial charge in [0.05, 0.1) is 17.3 Å². The first-order valence-electron chi connectivity index (χ1n) is 5.81. The average molecular weight is 234 g/mol. The lowest BCUT2D eigenvalue weighted by Gasteiger charge is -2.02. The van der Waals surface area contributed by atoms with Crippen LogP contribution < -0.4 is 0 Å². The molecule has 2 rings (SSSR count). The molecule has 2 aromatic rings. The molecule has 0 aliphatic heterocycles. The third-order valence-electron chi connectivity index (χ3n) is 2.74. The van der Waals surface area contributed by atoms with Crippen LogP contribution in [0.1, 0.15) is 23.6 Å². The number of aliphatic imine (C=N–C) groups is 1. The lowest BCUT2D eigenvalue weighted by atomic mass is 10.1. The van der Waals surface area contributed by atoms with Gasteiger partial charge in [0, 0.05) is 5.71 Å². The Morgan fingerprint density at radius 2 is 1.83 bits per heavy atom. The van der Waals surface area contributed by atoms with Crippen LogP contribution in [-0.4, -0.2) is 5.71 Å². The number of aryl methyl sites for hydroxylation is 1. The smallest absolute Gasteiger partial charge is 0.0992 e. The van der Waals surface area contributed by atoms with E-state index in [1.807, 2.05) is 19.1 Å². The average Bonchev–Trinajstić information content (AvgIpc) is 2.39. The van der Waals surface area contributed by atoms with Gasteiger partial charge in [0.2, 0.25) is 0 Å². The van der Waals surface area contributed by atoms with E-state index in [0.717, 1.165) is 17.0 Å². The Hall–Kier alpha value is -2.40. The Balaban J connectivity index is 2.32. The maximum absolute atomic E-state index is 8.85. The molecule has 0 spiro atoms. The van der Waals surface area contributed by atoms with Gasteiger partial charge in [-0.3, -0.25) is 4.99 Å². The maximum atomic E-state index is 8.85. The first kappa shape index (κ1) is 12.1. The van der Waals surface area contributed by atoms with Crippen molar-refractivity contribution in [3.63, 3.8) is 0 Å². The summed E-state index contributed by atoms with van der Waals surface area (Å²) in [5, 5.41) is 8.85. The third kappa shape index (κ3) is 2.83. The van der Waals surface area contributed by atoms with Gasteiger partial charge in [-0.1, -0.05) is 35.9 Å². The summed E-state index contributed by atoms with van der Waals surface area (Å²) >= 11 is 0. The van der Waals surface area contributed by atoms with Crippen LogP contribution in [0, 0.1) is 18.3 Å². The van der Waals surface area contributed by atoms with E-state index in [4.69, 9.17) is 5.26 Å². The van der Waals surface area contributed by atoms with Gasteiger partial charge in [0.1, 0.15) is 0 Å². The second kappa shape index (κ2) is 5.29. The predicted molar refractivity (Wildman–Crippen MR) is 74.2 cm³/mol. The molecule has 0 unspecified atom stereocenters. The summed E-state index contributed by atoms with van der Waals surface area (Å²) in [7, 11) is 0. The van der Waals surface area contributed by atoms with E-state index in [9.17, 15) is 0 Å². The van der Waals surface area contributed by atoms with E-state index in [1.54, 1.807) is 12.1 Å². The summed E-state index contributed by atoms with van der Waals surface area (Å²) in [5.74, 6) is 0. The van der Waals surface area contributed by atoms with E-state index in [0.29, 0.717) is 5.56 Å². The zero-order chi connectivity index (χ0) is 13.0. The van der Waals surface area contributed by atoms with Crippen LogP contribution in [0.4, 0.5) is 5.69 Å². The number of hydrogen-bond acceptors (Lipinski definition) is 2. The molecule has 2 aromatic carbocycles. The highest BCUT2D eigenvalue weighted by Crippen LogP contribution is 2.16. The topological polar surface area (TPSA) is 36.1 Å². The van der Waals surface area contributed by atoms with Crippen LogP contribution in [-0.2, 0) is 0 Å². The van der Waals surface area contributed by atoms with E-state index in [2.05, 4.69) is 42.3 Å². The van der Waals surface area contributed by atoms with Crippen LogP contribution in [0.15, 0.2) is 53.5 Å². The zero-order valence-corrected chi connectivity index (χ0v) is 10.5. The minimum Gasteiger partial charge on any atom is -0.253 e. The summed E-state index contributed by atoms with van der Waals surface area (Å²) in [6, 6.07) is 17.7. The number of nitriles is 1. The highest BCUT2D eigenvalue weighted by molar-refractivity contribution is 6.00. The Kier molecular flexibility index (Phi) is 3.54. The van der Waals surface area contributed by atoms with Crippen LogP contribution in [0.3, 0.4) is 0 Å². The second-order valence-electron chi connectivity index (χ2n) is 4.23. The molecule has 0 saturated heterocycles. The fourth-order valence-electron chi connectivity index (χ4n) is 1.70. The van der Waals surface area contributed by atoms with Gasteiger partial charge in [0.15, 0.2) is 0 Å². The van der Waals surface area contributed by atoms with Gasteiger partial charge in [-0.15, -0.1) is 0 Å². The number of hydrogen-bond donors (Lipinski definition) is 0. The molecular formula is C16H14N2. The Morgan fingerprint density at radius 1 is 1.11 bits per heavy atom. The molecule has 88 valence electrons. The molecule has 0 bridgehead atoms. The van der Waals surface area contributed by atoms with Crippen molar-refractivity contribution in [2.75, 3.05) is 0 Å². The summed E-state index contributed by atoms with van der Waals surface area (Å²) in [5.41, 5.74) is 4.73. The fourth-order valence-corrected chi connectivity index (χ4v) is 1.70. The molecule has 0 saturated carbocycles. The zero-order valence-electron chi connectivity index (χ0n) is 10.5. The Bertz CT molecular complexity index is 616. The van der Waals surface area contributed by atoms with Crippen molar-refractivity contribution in [2.45, 2.75) is 13.8 Å². The van der Waals surface area contributed by atoms with Crippen LogP contribution >= 0.6 is 0 Å². The van der Waals surface area contributed by atoms with Gasteiger partial charge in [-0.2, -0.15) is 5.26 Å². The lowest BCUT2D eigenvalue weighted by Crippen LogP contribution is -1.93. The van der Waals surface area contributed by atoms with Crippen molar-refractivity contribution < 1.29 is 0 Å². The van der Waals surface area contributed by atoms with Crippen molar-refractivity contribution in [1.29, 1.82) is 5.26 Å². The van der Waals surface area contributed by atoms with Gasteiger partial charge in [-0.25, -0.2) is 0 Å². The lowest BCUT2D eigenvalue weighted by molar-refractivity contribution is 1.42. The standard InChI is InChI=1S/C16H14N2/c1-12-6-8-15(9-7-12)13(2)18-16-5-3-4-14(10-16)11-17/h3-10H,1-2H3. The summed E-state index contributed by atoms with van der Waals surface area (Å²) in [6.45, 7) is 4.04. The van der Waals surface area contributed by atoms with Crippen molar-refractivity contribution in [1.82, 2.24) is 0 Å². The number of nitrogens with zero attached hydrogens (tertiary/aromatic N) is 2. The normalized spacial score (nSPS) is 11.1. The van der Waals surface area contributed by atoms with Crippen molar-refractivity contribution in [3.05, 3.63) is 65.2 Å². The van der Waals surface area contributed by atoms with Gasteiger partial charge in [0.25, 0.3) is 0 Å². The monoisotopic (exact) mass is 234 g/mol. The van der Waals surface area contributed by atoms with E-state index < -0.39 is 0 Å². The maximum Gasteiger partial charge on any atom is 0.0992 e. The Morgan fingerprint density at radius 3 is 2.50 bits per heavy atom. The molecule has 2 nitrogen and oxygen atoms in total. The second-order valence-corrected chi connectivity index (χ2v) is 4.23. The third-order valence-corrected chi connectivity index (χ3v) is 2.74. The van der Waals surface area contributed by atoms with Gasteiger partial charge in [-0.05, 0) is 37.6 Å². The van der Waals surface area contributed by atoms with Crippen molar-refractivity contribution in [3.8, 4) is 6.07 Å². The minimum atomic E-state index is 0.632. The largest absolute Gasteiger partial charge is 0.253 e. The van der Waals surface area contributed by atoms with Crippen molar-refractivity contribution in [2.24, 2.45) is 4.99 Å².